The summed E-state index contributed by atoms with van der Waals surface area (Å²) in [6, 6.07) is 6.00. The molecule has 2 N–H and O–H groups in total. The Bertz CT molecular complexity index is 453. The number of halogens is 1. The van der Waals surface area contributed by atoms with Gasteiger partial charge < -0.3 is 10.6 Å². The molecule has 1 heterocycles. The molecule has 0 radical (unpaired) electrons. The molecule has 98 valence electrons. The molecule has 0 atom stereocenters. The summed E-state index contributed by atoms with van der Waals surface area (Å²) >= 11 is 3.52. The van der Waals surface area contributed by atoms with Gasteiger partial charge >= 0.3 is 6.03 Å². The lowest BCUT2D eigenvalue weighted by atomic mass is 9.80. The number of amides is 2. The first-order valence-corrected chi connectivity index (χ1v) is 7.30. The lowest BCUT2D eigenvalue weighted by Crippen LogP contribution is -2.51. The van der Waals surface area contributed by atoms with Crippen molar-refractivity contribution < 1.29 is 4.79 Å². The highest BCUT2D eigenvalue weighted by Crippen LogP contribution is 2.41. The van der Waals surface area contributed by atoms with Gasteiger partial charge in [-0.3, -0.25) is 0 Å². The zero-order chi connectivity index (χ0) is 13.2. The number of fused-ring (bicyclic) bond motifs is 1. The van der Waals surface area contributed by atoms with E-state index in [0.29, 0.717) is 0 Å². The number of rotatable bonds is 4. The smallest absolute Gasteiger partial charge is 0.319 e. The van der Waals surface area contributed by atoms with Crippen LogP contribution < -0.4 is 10.6 Å². The summed E-state index contributed by atoms with van der Waals surface area (Å²) in [5.74, 6) is 0. The van der Waals surface area contributed by atoms with Gasteiger partial charge in [-0.1, -0.05) is 38.8 Å². The van der Waals surface area contributed by atoms with Gasteiger partial charge in [-0.25, -0.2) is 4.79 Å². The van der Waals surface area contributed by atoms with Crippen LogP contribution in [-0.2, 0) is 5.54 Å². The molecular weight excluding hydrogens is 292 g/mol. The van der Waals surface area contributed by atoms with Crippen molar-refractivity contribution in [1.29, 1.82) is 0 Å². The first kappa shape index (κ1) is 13.4. The number of para-hydroxylation sites is 1. The third-order valence-corrected chi connectivity index (χ3v) is 4.13. The second-order valence-corrected chi connectivity index (χ2v) is 5.68. The highest BCUT2D eigenvalue weighted by atomic mass is 79.9. The van der Waals surface area contributed by atoms with E-state index in [1.807, 2.05) is 12.1 Å². The van der Waals surface area contributed by atoms with Crippen molar-refractivity contribution in [1.82, 2.24) is 5.32 Å². The molecule has 0 bridgehead atoms. The summed E-state index contributed by atoms with van der Waals surface area (Å²) in [4.78, 5) is 11.9. The number of carbonyl (C=O) groups is 1. The Morgan fingerprint density at radius 3 is 2.50 bits per heavy atom. The van der Waals surface area contributed by atoms with Crippen LogP contribution >= 0.6 is 15.9 Å². The SMILES string of the molecule is CCCC1(CCC)NC(=O)Nc2c(Br)cccc21. The third-order valence-electron chi connectivity index (χ3n) is 3.47. The largest absolute Gasteiger partial charge is 0.328 e. The molecule has 0 spiro atoms. The van der Waals surface area contributed by atoms with Crippen molar-refractivity contribution in [2.45, 2.75) is 45.1 Å². The fourth-order valence-electron chi connectivity index (χ4n) is 2.85. The van der Waals surface area contributed by atoms with Crippen LogP contribution in [0.25, 0.3) is 0 Å². The van der Waals surface area contributed by atoms with Gasteiger partial charge in [0.25, 0.3) is 0 Å². The Hall–Kier alpha value is -1.03. The number of anilines is 1. The molecule has 2 rings (SSSR count). The fourth-order valence-corrected chi connectivity index (χ4v) is 3.32. The van der Waals surface area contributed by atoms with Gasteiger partial charge in [0.1, 0.15) is 0 Å². The van der Waals surface area contributed by atoms with Gasteiger partial charge in [0.05, 0.1) is 11.2 Å². The Morgan fingerprint density at radius 1 is 1.22 bits per heavy atom. The van der Waals surface area contributed by atoms with Crippen molar-refractivity contribution in [2.24, 2.45) is 0 Å². The van der Waals surface area contributed by atoms with Gasteiger partial charge in [-0.05, 0) is 34.8 Å². The fraction of sp³-hybridized carbons (Fsp3) is 0.500. The van der Waals surface area contributed by atoms with Crippen LogP contribution in [0.15, 0.2) is 22.7 Å². The van der Waals surface area contributed by atoms with E-state index in [0.717, 1.165) is 35.8 Å². The molecule has 3 nitrogen and oxygen atoms in total. The van der Waals surface area contributed by atoms with Crippen LogP contribution in [0.4, 0.5) is 10.5 Å². The zero-order valence-corrected chi connectivity index (χ0v) is 12.4. The molecule has 0 saturated carbocycles. The van der Waals surface area contributed by atoms with Crippen LogP contribution in [0.3, 0.4) is 0 Å². The third kappa shape index (κ3) is 2.26. The molecule has 0 fully saturated rings. The lowest BCUT2D eigenvalue weighted by Gasteiger charge is -2.40. The Morgan fingerprint density at radius 2 is 1.89 bits per heavy atom. The van der Waals surface area contributed by atoms with Crippen LogP contribution in [0.1, 0.15) is 45.1 Å². The van der Waals surface area contributed by atoms with E-state index in [9.17, 15) is 4.79 Å². The summed E-state index contributed by atoms with van der Waals surface area (Å²) in [5, 5.41) is 6.05. The van der Waals surface area contributed by atoms with Crippen LogP contribution in [-0.4, -0.2) is 6.03 Å². The maximum atomic E-state index is 11.9. The quantitative estimate of drug-likeness (QED) is 0.851. The van der Waals surface area contributed by atoms with Crippen molar-refractivity contribution in [3.63, 3.8) is 0 Å². The first-order chi connectivity index (χ1) is 8.63. The minimum atomic E-state index is -0.217. The standard InChI is InChI=1S/C14H19BrN2O/c1-3-8-14(9-4-2)10-6-5-7-11(15)12(10)16-13(18)17-14/h5-7H,3-4,8-9H2,1-2H3,(H2,16,17,18). The molecule has 2 amide bonds. The highest BCUT2D eigenvalue weighted by Gasteiger charge is 2.38. The van der Waals surface area contributed by atoms with Gasteiger partial charge in [-0.2, -0.15) is 0 Å². The van der Waals surface area contributed by atoms with E-state index in [-0.39, 0.29) is 11.6 Å². The number of carbonyl (C=O) groups excluding carboxylic acids is 1. The zero-order valence-electron chi connectivity index (χ0n) is 10.8. The second-order valence-electron chi connectivity index (χ2n) is 4.82. The summed E-state index contributed by atoms with van der Waals surface area (Å²) < 4.78 is 0.950. The Labute approximate surface area is 116 Å². The van der Waals surface area contributed by atoms with Crippen molar-refractivity contribution >= 4 is 27.6 Å². The number of urea groups is 1. The summed E-state index contributed by atoms with van der Waals surface area (Å²) in [7, 11) is 0. The number of nitrogens with one attached hydrogen (secondary N) is 2. The molecule has 0 saturated heterocycles. The molecular formula is C14H19BrN2O. The Balaban J connectivity index is 2.54. The van der Waals surface area contributed by atoms with Crippen LogP contribution in [0, 0.1) is 0 Å². The average molecular weight is 311 g/mol. The summed E-state index contributed by atoms with van der Waals surface area (Å²) in [6.07, 6.45) is 4.04. The molecule has 4 heteroatoms. The van der Waals surface area contributed by atoms with E-state index < -0.39 is 0 Å². The van der Waals surface area contributed by atoms with E-state index in [1.165, 1.54) is 5.56 Å². The predicted octanol–water partition coefficient (Wildman–Crippen LogP) is 4.38. The van der Waals surface area contributed by atoms with Crippen molar-refractivity contribution in [3.8, 4) is 0 Å². The molecule has 0 unspecified atom stereocenters. The number of hydrogen-bond acceptors (Lipinski definition) is 1. The predicted molar refractivity (Wildman–Crippen MR) is 77.8 cm³/mol. The van der Waals surface area contributed by atoms with E-state index in [1.54, 1.807) is 0 Å². The molecule has 1 aromatic rings. The van der Waals surface area contributed by atoms with Gasteiger partial charge in [0, 0.05) is 10.0 Å². The molecule has 1 aliphatic heterocycles. The van der Waals surface area contributed by atoms with Crippen LogP contribution in [0.2, 0.25) is 0 Å². The maximum Gasteiger partial charge on any atom is 0.319 e. The maximum absolute atomic E-state index is 11.9. The number of benzene rings is 1. The van der Waals surface area contributed by atoms with Gasteiger partial charge in [0.2, 0.25) is 0 Å². The van der Waals surface area contributed by atoms with Crippen molar-refractivity contribution in [2.75, 3.05) is 5.32 Å². The average Bonchev–Trinajstić information content (AvgIpc) is 2.31. The van der Waals surface area contributed by atoms with E-state index >= 15 is 0 Å². The topological polar surface area (TPSA) is 41.1 Å². The highest BCUT2D eigenvalue weighted by molar-refractivity contribution is 9.10. The minimum Gasteiger partial charge on any atom is -0.328 e. The minimum absolute atomic E-state index is 0.101. The Kier molecular flexibility index (Phi) is 3.95. The normalized spacial score (nSPS) is 16.7. The van der Waals surface area contributed by atoms with E-state index in [4.69, 9.17) is 0 Å². The summed E-state index contributed by atoms with van der Waals surface area (Å²) in [6.45, 7) is 4.31. The van der Waals surface area contributed by atoms with Gasteiger partial charge in [0.15, 0.2) is 0 Å². The molecule has 0 aliphatic carbocycles. The molecule has 1 aromatic carbocycles. The van der Waals surface area contributed by atoms with Gasteiger partial charge in [-0.15, -0.1) is 0 Å². The van der Waals surface area contributed by atoms with E-state index in [2.05, 4.69) is 46.5 Å². The molecule has 18 heavy (non-hydrogen) atoms. The number of hydrogen-bond donors (Lipinski definition) is 2. The first-order valence-electron chi connectivity index (χ1n) is 6.51. The summed E-state index contributed by atoms with van der Waals surface area (Å²) in [5.41, 5.74) is 1.90. The van der Waals surface area contributed by atoms with Crippen molar-refractivity contribution in [3.05, 3.63) is 28.2 Å². The monoisotopic (exact) mass is 310 g/mol. The lowest BCUT2D eigenvalue weighted by molar-refractivity contribution is 0.223. The molecule has 1 aliphatic rings. The molecule has 0 aromatic heterocycles. The second kappa shape index (κ2) is 5.31. The van der Waals surface area contributed by atoms with Crippen LogP contribution in [0.5, 0.6) is 0 Å².